The molecule has 0 bridgehead atoms. The highest BCUT2D eigenvalue weighted by atomic mass is 16.5. The normalized spacial score (nSPS) is 10.3. The van der Waals surface area contributed by atoms with Crippen molar-refractivity contribution in [3.8, 4) is 5.75 Å². The van der Waals surface area contributed by atoms with Gasteiger partial charge in [-0.25, -0.2) is 4.79 Å². The third-order valence-electron chi connectivity index (χ3n) is 1.78. The smallest absolute Gasteiger partial charge is 0.330 e. The van der Waals surface area contributed by atoms with Gasteiger partial charge >= 0.3 is 5.97 Å². The molecule has 1 aromatic rings. The lowest BCUT2D eigenvalue weighted by Gasteiger charge is -2.02. The molecular formula is C12H14O3. The van der Waals surface area contributed by atoms with Gasteiger partial charge in [0.25, 0.3) is 0 Å². The minimum absolute atomic E-state index is 0.364. The molecule has 1 rings (SSSR count). The van der Waals surface area contributed by atoms with Crippen LogP contribution in [-0.4, -0.2) is 19.7 Å². The van der Waals surface area contributed by atoms with Gasteiger partial charge in [0.2, 0.25) is 0 Å². The van der Waals surface area contributed by atoms with Crippen LogP contribution < -0.4 is 4.74 Å². The minimum atomic E-state index is -0.364. The van der Waals surface area contributed by atoms with Crippen molar-refractivity contribution in [2.75, 3.05) is 13.7 Å². The molecule has 0 heterocycles. The van der Waals surface area contributed by atoms with E-state index in [4.69, 9.17) is 4.74 Å². The number of carbonyl (C=O) groups excluding carboxylic acids is 1. The minimum Gasteiger partial charge on any atom is -0.494 e. The summed E-state index contributed by atoms with van der Waals surface area (Å²) < 4.78 is 9.82. The largest absolute Gasteiger partial charge is 0.494 e. The second-order valence-electron chi connectivity index (χ2n) is 2.86. The molecule has 0 aliphatic heterocycles. The van der Waals surface area contributed by atoms with Crippen LogP contribution in [0.2, 0.25) is 0 Å². The molecule has 0 saturated heterocycles. The Bertz CT molecular complexity index is 356. The summed E-state index contributed by atoms with van der Waals surface area (Å²) in [4.78, 5) is 10.9. The van der Waals surface area contributed by atoms with Gasteiger partial charge in [0.15, 0.2) is 0 Å². The first kappa shape index (κ1) is 11.3. The van der Waals surface area contributed by atoms with Crippen LogP contribution in [-0.2, 0) is 9.53 Å². The molecule has 0 atom stereocenters. The van der Waals surface area contributed by atoms with Crippen LogP contribution in [0.15, 0.2) is 30.3 Å². The quantitative estimate of drug-likeness (QED) is 0.560. The van der Waals surface area contributed by atoms with Crippen molar-refractivity contribution in [1.82, 2.24) is 0 Å². The number of benzene rings is 1. The molecule has 3 heteroatoms. The number of esters is 1. The van der Waals surface area contributed by atoms with Crippen molar-refractivity contribution in [1.29, 1.82) is 0 Å². The second kappa shape index (κ2) is 5.86. The first-order valence-corrected chi connectivity index (χ1v) is 4.75. The van der Waals surface area contributed by atoms with Gasteiger partial charge in [-0.05, 0) is 30.7 Å². The molecule has 0 fully saturated rings. The summed E-state index contributed by atoms with van der Waals surface area (Å²) in [5.41, 5.74) is 0.909. The zero-order chi connectivity index (χ0) is 11.1. The van der Waals surface area contributed by atoms with Crippen molar-refractivity contribution in [2.45, 2.75) is 6.92 Å². The van der Waals surface area contributed by atoms with Gasteiger partial charge in [0.1, 0.15) is 5.75 Å². The average molecular weight is 206 g/mol. The maximum atomic E-state index is 10.9. The van der Waals surface area contributed by atoms with E-state index in [9.17, 15) is 4.79 Å². The van der Waals surface area contributed by atoms with Crippen LogP contribution in [0.4, 0.5) is 0 Å². The van der Waals surface area contributed by atoms with Crippen molar-refractivity contribution >= 4 is 12.0 Å². The van der Waals surface area contributed by atoms with E-state index < -0.39 is 0 Å². The average Bonchev–Trinajstić information content (AvgIpc) is 2.27. The lowest BCUT2D eigenvalue weighted by Crippen LogP contribution is -1.93. The summed E-state index contributed by atoms with van der Waals surface area (Å²) in [5.74, 6) is 0.432. The number of methoxy groups -OCH3 is 1. The molecule has 3 nitrogen and oxygen atoms in total. The van der Waals surface area contributed by atoms with E-state index in [-0.39, 0.29) is 5.97 Å². The van der Waals surface area contributed by atoms with Crippen LogP contribution in [0.3, 0.4) is 0 Å². The Kier molecular flexibility index (Phi) is 4.41. The van der Waals surface area contributed by atoms with Crippen LogP contribution in [0, 0.1) is 0 Å². The fourth-order valence-electron chi connectivity index (χ4n) is 1.11. The van der Waals surface area contributed by atoms with Gasteiger partial charge in [0, 0.05) is 6.08 Å². The van der Waals surface area contributed by atoms with E-state index in [1.807, 2.05) is 31.2 Å². The van der Waals surface area contributed by atoms with Crippen molar-refractivity contribution in [3.63, 3.8) is 0 Å². The van der Waals surface area contributed by atoms with Crippen LogP contribution in [0.1, 0.15) is 12.5 Å². The lowest BCUT2D eigenvalue weighted by molar-refractivity contribution is -0.134. The third-order valence-corrected chi connectivity index (χ3v) is 1.78. The van der Waals surface area contributed by atoms with Crippen LogP contribution in [0.25, 0.3) is 6.08 Å². The van der Waals surface area contributed by atoms with Gasteiger partial charge in [-0.15, -0.1) is 0 Å². The van der Waals surface area contributed by atoms with E-state index in [2.05, 4.69) is 4.74 Å². The van der Waals surface area contributed by atoms with E-state index >= 15 is 0 Å². The highest BCUT2D eigenvalue weighted by molar-refractivity contribution is 5.86. The summed E-state index contributed by atoms with van der Waals surface area (Å²) in [6, 6.07) is 7.51. The molecule has 1 aromatic carbocycles. The monoisotopic (exact) mass is 206 g/mol. The molecule has 0 aliphatic carbocycles. The molecule has 15 heavy (non-hydrogen) atoms. The predicted octanol–water partition coefficient (Wildman–Crippen LogP) is 2.27. The number of ether oxygens (including phenoxy) is 2. The summed E-state index contributed by atoms with van der Waals surface area (Å²) in [5, 5.41) is 0. The van der Waals surface area contributed by atoms with Gasteiger partial charge in [-0.3, -0.25) is 0 Å². The highest BCUT2D eigenvalue weighted by Crippen LogP contribution is 2.14. The zero-order valence-electron chi connectivity index (χ0n) is 8.90. The summed E-state index contributed by atoms with van der Waals surface area (Å²) in [6.45, 7) is 2.56. The molecule has 0 unspecified atom stereocenters. The van der Waals surface area contributed by atoms with Gasteiger partial charge in [0.05, 0.1) is 13.7 Å². The van der Waals surface area contributed by atoms with Crippen molar-refractivity contribution in [2.24, 2.45) is 0 Å². The Morgan fingerprint density at radius 3 is 2.93 bits per heavy atom. The molecule has 80 valence electrons. The second-order valence-corrected chi connectivity index (χ2v) is 2.86. The topological polar surface area (TPSA) is 35.5 Å². The van der Waals surface area contributed by atoms with Crippen LogP contribution in [0.5, 0.6) is 5.75 Å². The first-order chi connectivity index (χ1) is 7.26. The van der Waals surface area contributed by atoms with E-state index in [0.29, 0.717) is 6.61 Å². The van der Waals surface area contributed by atoms with Crippen molar-refractivity contribution in [3.05, 3.63) is 35.9 Å². The van der Waals surface area contributed by atoms with E-state index in [1.54, 1.807) is 6.08 Å². The molecular weight excluding hydrogens is 192 g/mol. The van der Waals surface area contributed by atoms with E-state index in [0.717, 1.165) is 11.3 Å². The molecule has 0 aliphatic rings. The standard InChI is InChI=1S/C12H14O3/c1-3-15-11-6-4-5-10(9-11)7-8-12(13)14-2/h4-9H,3H2,1-2H3/b8-7+. The van der Waals surface area contributed by atoms with Crippen LogP contribution >= 0.6 is 0 Å². The predicted molar refractivity (Wildman–Crippen MR) is 58.7 cm³/mol. The molecule has 0 amide bonds. The Morgan fingerprint density at radius 1 is 1.47 bits per heavy atom. The summed E-state index contributed by atoms with van der Waals surface area (Å²) >= 11 is 0. The lowest BCUT2D eigenvalue weighted by atomic mass is 10.2. The third kappa shape index (κ3) is 3.85. The summed E-state index contributed by atoms with van der Waals surface area (Å²) in [7, 11) is 1.35. The molecule has 0 saturated carbocycles. The Labute approximate surface area is 89.3 Å². The van der Waals surface area contributed by atoms with E-state index in [1.165, 1.54) is 13.2 Å². The molecule has 0 N–H and O–H groups in total. The van der Waals surface area contributed by atoms with Gasteiger partial charge in [-0.1, -0.05) is 12.1 Å². The van der Waals surface area contributed by atoms with Gasteiger partial charge < -0.3 is 9.47 Å². The highest BCUT2D eigenvalue weighted by Gasteiger charge is 1.94. The number of hydrogen-bond acceptors (Lipinski definition) is 3. The number of rotatable bonds is 4. The maximum Gasteiger partial charge on any atom is 0.330 e. The first-order valence-electron chi connectivity index (χ1n) is 4.75. The van der Waals surface area contributed by atoms with Crippen molar-refractivity contribution < 1.29 is 14.3 Å². The Balaban J connectivity index is 2.73. The number of hydrogen-bond donors (Lipinski definition) is 0. The zero-order valence-corrected chi connectivity index (χ0v) is 8.90. The molecule has 0 spiro atoms. The SMILES string of the molecule is CCOc1cccc(/C=C/C(=O)OC)c1. The maximum absolute atomic E-state index is 10.9. The molecule has 0 radical (unpaired) electrons. The van der Waals surface area contributed by atoms with Gasteiger partial charge in [-0.2, -0.15) is 0 Å². The fourth-order valence-corrected chi connectivity index (χ4v) is 1.11. The number of carbonyl (C=O) groups is 1. The molecule has 0 aromatic heterocycles. The Hall–Kier alpha value is -1.77. The Morgan fingerprint density at radius 2 is 2.27 bits per heavy atom. The summed E-state index contributed by atoms with van der Waals surface area (Å²) in [6.07, 6.45) is 3.07. The fraction of sp³-hybridized carbons (Fsp3) is 0.250.